The van der Waals surface area contributed by atoms with Gasteiger partial charge in [-0.25, -0.2) is 13.4 Å². The number of aromatic nitrogens is 2. The molecule has 6 nitrogen and oxygen atoms in total. The van der Waals surface area contributed by atoms with Crippen molar-refractivity contribution in [1.82, 2.24) is 14.5 Å². The van der Waals surface area contributed by atoms with Crippen molar-refractivity contribution in [3.05, 3.63) is 34.9 Å². The highest BCUT2D eigenvalue weighted by Gasteiger charge is 2.42. The average Bonchev–Trinajstić information content (AvgIpc) is 3.33. The number of sulfone groups is 1. The van der Waals surface area contributed by atoms with Crippen LogP contribution in [-0.2, 0) is 21.2 Å². The molecule has 0 spiro atoms. The summed E-state index contributed by atoms with van der Waals surface area (Å²) in [4.78, 5) is 19.4. The Morgan fingerprint density at radius 3 is 2.55 bits per heavy atom. The maximum absolute atomic E-state index is 13.0. The molecule has 156 valence electrons. The second-order valence-electron chi connectivity index (χ2n) is 7.55. The summed E-state index contributed by atoms with van der Waals surface area (Å²) in [5.41, 5.74) is 2.10. The van der Waals surface area contributed by atoms with Gasteiger partial charge in [-0.05, 0) is 43.9 Å². The quantitative estimate of drug-likeness (QED) is 0.546. The fourth-order valence-electron chi connectivity index (χ4n) is 3.88. The van der Waals surface area contributed by atoms with E-state index < -0.39 is 9.84 Å². The van der Waals surface area contributed by atoms with Gasteiger partial charge in [-0.1, -0.05) is 39.8 Å². The molecular formula is C20H24BrN3O3S2. The minimum atomic E-state index is -3.01. The first kappa shape index (κ1) is 20.9. The van der Waals surface area contributed by atoms with Crippen LogP contribution in [0.1, 0.15) is 26.2 Å². The molecular weight excluding hydrogens is 474 g/mol. The molecule has 2 fully saturated rings. The molecule has 29 heavy (non-hydrogen) atoms. The number of benzene rings is 1. The lowest BCUT2D eigenvalue weighted by Gasteiger charge is -2.28. The third-order valence-corrected chi connectivity index (χ3v) is 8.68. The van der Waals surface area contributed by atoms with Gasteiger partial charge >= 0.3 is 0 Å². The molecule has 1 amide bonds. The Kier molecular flexibility index (Phi) is 6.09. The lowest BCUT2D eigenvalue weighted by atomic mass is 10.2. The van der Waals surface area contributed by atoms with E-state index >= 15 is 0 Å². The number of hydrogen-bond acceptors (Lipinski definition) is 5. The first-order valence-corrected chi connectivity index (χ1v) is 13.4. The Morgan fingerprint density at radius 2 is 1.97 bits per heavy atom. The summed E-state index contributed by atoms with van der Waals surface area (Å²) in [5, 5.41) is 0.813. The first-order valence-electron chi connectivity index (χ1n) is 9.84. The summed E-state index contributed by atoms with van der Waals surface area (Å²) >= 11 is 4.89. The van der Waals surface area contributed by atoms with E-state index in [2.05, 4.69) is 32.4 Å². The minimum Gasteiger partial charge on any atom is -0.335 e. The first-order chi connectivity index (χ1) is 13.9. The van der Waals surface area contributed by atoms with Gasteiger partial charge < -0.3 is 9.47 Å². The van der Waals surface area contributed by atoms with Gasteiger partial charge in [0.1, 0.15) is 0 Å². The van der Waals surface area contributed by atoms with Crippen LogP contribution in [0, 0.1) is 0 Å². The third-order valence-electron chi connectivity index (χ3n) is 5.43. The van der Waals surface area contributed by atoms with Crippen LogP contribution >= 0.6 is 27.7 Å². The highest BCUT2D eigenvalue weighted by Crippen LogP contribution is 2.34. The number of hydrogen-bond donors (Lipinski definition) is 0. The van der Waals surface area contributed by atoms with Gasteiger partial charge in [0.2, 0.25) is 5.91 Å². The largest absolute Gasteiger partial charge is 0.335 e. The van der Waals surface area contributed by atoms with Crippen LogP contribution in [0.4, 0.5) is 0 Å². The molecule has 1 aromatic carbocycles. The summed E-state index contributed by atoms with van der Waals surface area (Å²) in [6.45, 7) is 2.82. The minimum absolute atomic E-state index is 0.0236. The molecule has 1 saturated carbocycles. The van der Waals surface area contributed by atoms with Crippen molar-refractivity contribution in [2.24, 2.45) is 0 Å². The van der Waals surface area contributed by atoms with Crippen LogP contribution in [-0.4, -0.2) is 58.1 Å². The van der Waals surface area contributed by atoms with Crippen LogP contribution in [0.2, 0.25) is 0 Å². The Morgan fingerprint density at radius 1 is 1.24 bits per heavy atom. The van der Waals surface area contributed by atoms with Crippen molar-refractivity contribution >= 4 is 43.4 Å². The lowest BCUT2D eigenvalue weighted by molar-refractivity contribution is -0.130. The topological polar surface area (TPSA) is 72.3 Å². The van der Waals surface area contributed by atoms with E-state index in [1.54, 1.807) is 0 Å². The molecule has 1 aromatic heterocycles. The highest BCUT2D eigenvalue weighted by atomic mass is 79.9. The molecule has 9 heteroatoms. The zero-order chi connectivity index (χ0) is 20.6. The number of carbonyl (C=O) groups is 1. The van der Waals surface area contributed by atoms with E-state index in [9.17, 15) is 13.2 Å². The van der Waals surface area contributed by atoms with Crippen LogP contribution in [0.5, 0.6) is 0 Å². The number of halogens is 1. The number of amides is 1. The Labute approximate surface area is 184 Å². The lowest BCUT2D eigenvalue weighted by Crippen LogP contribution is -2.43. The van der Waals surface area contributed by atoms with E-state index in [0.29, 0.717) is 6.42 Å². The molecule has 2 aliphatic rings. The summed E-state index contributed by atoms with van der Waals surface area (Å²) in [6, 6.07) is 8.14. The zero-order valence-electron chi connectivity index (χ0n) is 16.3. The van der Waals surface area contributed by atoms with Gasteiger partial charge in [0, 0.05) is 23.1 Å². The van der Waals surface area contributed by atoms with Gasteiger partial charge in [-0.2, -0.15) is 0 Å². The number of rotatable bonds is 7. The third kappa shape index (κ3) is 4.72. The normalized spacial score (nSPS) is 20.7. The van der Waals surface area contributed by atoms with Gasteiger partial charge in [-0.15, -0.1) is 0 Å². The summed E-state index contributed by atoms with van der Waals surface area (Å²) in [6.07, 6.45) is 4.36. The second-order valence-corrected chi connectivity index (χ2v) is 11.6. The second kappa shape index (κ2) is 8.43. The maximum Gasteiger partial charge on any atom is 0.233 e. The van der Waals surface area contributed by atoms with Gasteiger partial charge in [0.15, 0.2) is 15.0 Å². The van der Waals surface area contributed by atoms with E-state index in [1.807, 2.05) is 35.4 Å². The van der Waals surface area contributed by atoms with Crippen molar-refractivity contribution in [2.45, 2.75) is 50.0 Å². The van der Waals surface area contributed by atoms with Crippen LogP contribution in [0.3, 0.4) is 0 Å². The number of nitrogens with zero attached hydrogens (tertiary/aromatic N) is 3. The molecule has 0 radical (unpaired) electrons. The standard InChI is InChI=1S/C20H24BrN3O3S2/c1-2-23-18(14-3-5-15(21)6-4-14)11-22-20(23)28-12-19(25)24(16-7-8-16)17-9-10-29(26,27)13-17/h3-6,11,16-17H,2,7-10,12-13H2,1H3. The van der Waals surface area contributed by atoms with Crippen LogP contribution < -0.4 is 0 Å². The van der Waals surface area contributed by atoms with Crippen molar-refractivity contribution < 1.29 is 13.2 Å². The number of thioether (sulfide) groups is 1. The summed E-state index contributed by atoms with van der Waals surface area (Å²) in [7, 11) is -3.01. The Balaban J connectivity index is 1.47. The highest BCUT2D eigenvalue weighted by molar-refractivity contribution is 9.10. The molecule has 2 heterocycles. The van der Waals surface area contributed by atoms with Crippen molar-refractivity contribution in [3.8, 4) is 11.3 Å². The van der Waals surface area contributed by atoms with E-state index in [4.69, 9.17) is 0 Å². The fourth-order valence-corrected chi connectivity index (χ4v) is 6.77. The predicted molar refractivity (Wildman–Crippen MR) is 119 cm³/mol. The zero-order valence-corrected chi connectivity index (χ0v) is 19.5. The molecule has 1 aliphatic carbocycles. The monoisotopic (exact) mass is 497 g/mol. The molecule has 1 atom stereocenters. The molecule has 2 aromatic rings. The van der Waals surface area contributed by atoms with E-state index in [1.165, 1.54) is 11.8 Å². The predicted octanol–water partition coefficient (Wildman–Crippen LogP) is 3.60. The number of imidazole rings is 1. The smallest absolute Gasteiger partial charge is 0.233 e. The van der Waals surface area contributed by atoms with Gasteiger partial charge in [0.25, 0.3) is 0 Å². The van der Waals surface area contributed by atoms with E-state index in [0.717, 1.165) is 40.3 Å². The van der Waals surface area contributed by atoms with Crippen molar-refractivity contribution in [3.63, 3.8) is 0 Å². The SMILES string of the molecule is CCn1c(-c2ccc(Br)cc2)cnc1SCC(=O)N(C1CC1)C1CCS(=O)(=O)C1. The van der Waals surface area contributed by atoms with E-state index in [-0.39, 0.29) is 35.2 Å². The molecule has 1 unspecified atom stereocenters. The molecule has 1 aliphatic heterocycles. The van der Waals surface area contributed by atoms with Gasteiger partial charge in [-0.3, -0.25) is 4.79 Å². The molecule has 0 bridgehead atoms. The Hall–Kier alpha value is -1.32. The van der Waals surface area contributed by atoms with Gasteiger partial charge in [0.05, 0.1) is 29.1 Å². The Bertz CT molecular complexity index is 1000. The van der Waals surface area contributed by atoms with Crippen LogP contribution in [0.25, 0.3) is 11.3 Å². The molecule has 0 N–H and O–H groups in total. The summed E-state index contributed by atoms with van der Waals surface area (Å²) < 4.78 is 26.9. The number of carbonyl (C=O) groups excluding carboxylic acids is 1. The molecule has 1 saturated heterocycles. The average molecular weight is 498 g/mol. The van der Waals surface area contributed by atoms with Crippen molar-refractivity contribution in [1.29, 1.82) is 0 Å². The molecule has 4 rings (SSSR count). The van der Waals surface area contributed by atoms with Crippen LogP contribution in [0.15, 0.2) is 40.1 Å². The fraction of sp³-hybridized carbons (Fsp3) is 0.500. The maximum atomic E-state index is 13.0. The summed E-state index contributed by atoms with van der Waals surface area (Å²) in [5.74, 6) is 0.606. The van der Waals surface area contributed by atoms with Crippen molar-refractivity contribution in [2.75, 3.05) is 17.3 Å².